The summed E-state index contributed by atoms with van der Waals surface area (Å²) in [6.45, 7) is 1.75. The van der Waals surface area contributed by atoms with Gasteiger partial charge in [0.05, 0.1) is 25.6 Å². The Morgan fingerprint density at radius 3 is 2.45 bits per heavy atom. The van der Waals surface area contributed by atoms with Crippen LogP contribution >= 0.6 is 11.5 Å². The fourth-order valence-electron chi connectivity index (χ4n) is 4.59. The summed E-state index contributed by atoms with van der Waals surface area (Å²) in [4.78, 5) is 41.2. The van der Waals surface area contributed by atoms with Crippen LogP contribution in [0, 0.1) is 6.92 Å². The second-order valence-electron chi connectivity index (χ2n) is 9.05. The van der Waals surface area contributed by atoms with Crippen LogP contribution < -0.4 is 31.2 Å². The van der Waals surface area contributed by atoms with Gasteiger partial charge in [-0.1, -0.05) is 19.3 Å². The number of methoxy groups -OCH3 is 2. The zero-order valence-electron chi connectivity index (χ0n) is 21.5. The Labute approximate surface area is 224 Å². The van der Waals surface area contributed by atoms with E-state index in [2.05, 4.69) is 9.69 Å². The molecule has 202 valence electrons. The van der Waals surface area contributed by atoms with Gasteiger partial charge in [-0.2, -0.15) is 4.37 Å². The standard InChI is InChI=1S/C26H31N5O6S/c1-14-9-11-19(37-14)22(25(33)29-15-7-5-4-6-8-15)31(17-13-16(35-2)10-12-18(17)36-3)26(34)23-20(27)21(24(28)32)30-38-23/h9-13,15,22H,4-8,27H2,1-3H3,(H2,28,32)(H,29,33)/t22-/m0/s1. The monoisotopic (exact) mass is 541 g/mol. The third-order valence-electron chi connectivity index (χ3n) is 6.51. The molecule has 1 atom stereocenters. The van der Waals surface area contributed by atoms with E-state index in [0.29, 0.717) is 17.3 Å². The van der Waals surface area contributed by atoms with E-state index in [-0.39, 0.29) is 33.7 Å². The molecule has 0 bridgehead atoms. The van der Waals surface area contributed by atoms with Crippen LogP contribution in [0.15, 0.2) is 34.7 Å². The molecule has 1 aliphatic carbocycles. The number of anilines is 2. The van der Waals surface area contributed by atoms with E-state index in [4.69, 9.17) is 25.4 Å². The van der Waals surface area contributed by atoms with Crippen molar-refractivity contribution in [2.45, 2.75) is 51.1 Å². The third kappa shape index (κ3) is 5.44. The van der Waals surface area contributed by atoms with Crippen LogP contribution in [0.1, 0.15) is 69.8 Å². The highest BCUT2D eigenvalue weighted by Gasteiger charge is 2.40. The first kappa shape index (κ1) is 27.0. The zero-order valence-corrected chi connectivity index (χ0v) is 22.3. The van der Waals surface area contributed by atoms with Gasteiger partial charge in [0.15, 0.2) is 11.7 Å². The number of amides is 3. The minimum absolute atomic E-state index is 0.0334. The molecule has 1 fully saturated rings. The van der Waals surface area contributed by atoms with E-state index in [9.17, 15) is 14.4 Å². The summed E-state index contributed by atoms with van der Waals surface area (Å²) in [7, 11) is 2.94. The lowest BCUT2D eigenvalue weighted by molar-refractivity contribution is -0.123. The molecule has 3 amide bonds. The topological polar surface area (TPSA) is 163 Å². The summed E-state index contributed by atoms with van der Waals surface area (Å²) >= 11 is 0.723. The number of nitrogens with one attached hydrogen (secondary N) is 1. The van der Waals surface area contributed by atoms with Crippen LogP contribution in [0.3, 0.4) is 0 Å². The number of carbonyl (C=O) groups is 3. The molecule has 1 aliphatic rings. The Kier molecular flexibility index (Phi) is 8.20. The highest BCUT2D eigenvalue weighted by Crippen LogP contribution is 2.40. The van der Waals surface area contributed by atoms with Crippen LogP contribution in [0.5, 0.6) is 11.5 Å². The summed E-state index contributed by atoms with van der Waals surface area (Å²) < 4.78 is 20.9. The normalized spacial score (nSPS) is 14.5. The number of primary amides is 1. The van der Waals surface area contributed by atoms with Crippen molar-refractivity contribution in [3.05, 3.63) is 52.4 Å². The SMILES string of the molecule is COc1ccc(OC)c(N(C(=O)c2snc(C(N)=O)c2N)[C@H](C(=O)NC2CCCCC2)c2ccc(C)o2)c1. The van der Waals surface area contributed by atoms with E-state index in [1.54, 1.807) is 37.3 Å². The molecule has 1 saturated carbocycles. The van der Waals surface area contributed by atoms with Gasteiger partial charge in [-0.25, -0.2) is 0 Å². The molecule has 2 aromatic heterocycles. The zero-order chi connectivity index (χ0) is 27.4. The number of furan rings is 1. The Hall–Kier alpha value is -4.06. The number of nitrogen functional groups attached to an aromatic ring is 1. The van der Waals surface area contributed by atoms with Crippen LogP contribution in [-0.2, 0) is 4.79 Å². The van der Waals surface area contributed by atoms with Gasteiger partial charge >= 0.3 is 0 Å². The molecule has 0 aliphatic heterocycles. The first-order valence-corrected chi connectivity index (χ1v) is 13.0. The highest BCUT2D eigenvalue weighted by molar-refractivity contribution is 7.09. The lowest BCUT2D eigenvalue weighted by atomic mass is 9.95. The number of aromatic nitrogens is 1. The van der Waals surface area contributed by atoms with Gasteiger partial charge in [0, 0.05) is 12.1 Å². The molecule has 3 aromatic rings. The largest absolute Gasteiger partial charge is 0.497 e. The van der Waals surface area contributed by atoms with Crippen LogP contribution in [0.2, 0.25) is 0 Å². The molecule has 11 nitrogen and oxygen atoms in total. The lowest BCUT2D eigenvalue weighted by Gasteiger charge is -2.32. The fraction of sp³-hybridized carbons (Fsp3) is 0.385. The number of aryl methyl sites for hydroxylation is 1. The molecule has 12 heteroatoms. The first-order valence-electron chi connectivity index (χ1n) is 12.2. The van der Waals surface area contributed by atoms with Crippen molar-refractivity contribution in [1.29, 1.82) is 0 Å². The maximum absolute atomic E-state index is 14.2. The maximum atomic E-state index is 14.2. The van der Waals surface area contributed by atoms with Gasteiger partial charge in [-0.3, -0.25) is 19.3 Å². The molecule has 1 aromatic carbocycles. The predicted molar refractivity (Wildman–Crippen MR) is 143 cm³/mol. The minimum atomic E-state index is -1.24. The van der Waals surface area contributed by atoms with Gasteiger partial charge in [0.2, 0.25) is 0 Å². The molecule has 0 saturated heterocycles. The van der Waals surface area contributed by atoms with E-state index in [1.165, 1.54) is 19.1 Å². The Morgan fingerprint density at radius 2 is 1.87 bits per heavy atom. The van der Waals surface area contributed by atoms with E-state index < -0.39 is 23.8 Å². The van der Waals surface area contributed by atoms with Crippen molar-refractivity contribution in [2.75, 3.05) is 24.9 Å². The maximum Gasteiger partial charge on any atom is 0.273 e. The highest BCUT2D eigenvalue weighted by atomic mass is 32.1. The second-order valence-corrected chi connectivity index (χ2v) is 9.82. The van der Waals surface area contributed by atoms with Gasteiger partial charge < -0.3 is 30.7 Å². The van der Waals surface area contributed by atoms with Gasteiger partial charge in [-0.05, 0) is 55.6 Å². The fourth-order valence-corrected chi connectivity index (χ4v) is 5.33. The Balaban J connectivity index is 1.90. The predicted octanol–water partition coefficient (Wildman–Crippen LogP) is 3.58. The van der Waals surface area contributed by atoms with Crippen molar-refractivity contribution < 1.29 is 28.3 Å². The molecule has 5 N–H and O–H groups in total. The average molecular weight is 542 g/mol. The minimum Gasteiger partial charge on any atom is -0.497 e. The molecular weight excluding hydrogens is 510 g/mol. The summed E-state index contributed by atoms with van der Waals surface area (Å²) in [5, 5.41) is 3.10. The summed E-state index contributed by atoms with van der Waals surface area (Å²) in [5.41, 5.74) is 11.4. The van der Waals surface area contributed by atoms with Crippen molar-refractivity contribution in [1.82, 2.24) is 9.69 Å². The Morgan fingerprint density at radius 1 is 1.13 bits per heavy atom. The molecule has 0 unspecified atom stereocenters. The number of rotatable bonds is 9. The molecule has 38 heavy (non-hydrogen) atoms. The third-order valence-corrected chi connectivity index (χ3v) is 7.36. The molecule has 0 spiro atoms. The van der Waals surface area contributed by atoms with Gasteiger partial charge in [-0.15, -0.1) is 0 Å². The summed E-state index contributed by atoms with van der Waals surface area (Å²) in [6, 6.07) is 6.98. The molecule has 0 radical (unpaired) electrons. The number of ether oxygens (including phenoxy) is 2. The number of carbonyl (C=O) groups excluding carboxylic acids is 3. The van der Waals surface area contributed by atoms with E-state index in [0.717, 1.165) is 43.6 Å². The molecule has 2 heterocycles. The Bertz CT molecular complexity index is 1330. The van der Waals surface area contributed by atoms with Crippen LogP contribution in [0.25, 0.3) is 0 Å². The van der Waals surface area contributed by atoms with Crippen LogP contribution in [-0.4, -0.2) is 42.4 Å². The second kappa shape index (κ2) is 11.5. The van der Waals surface area contributed by atoms with E-state index in [1.807, 2.05) is 0 Å². The number of benzene rings is 1. The lowest BCUT2D eigenvalue weighted by Crippen LogP contribution is -2.47. The smallest absolute Gasteiger partial charge is 0.273 e. The summed E-state index contributed by atoms with van der Waals surface area (Å²) in [5.74, 6) is -0.441. The van der Waals surface area contributed by atoms with Crippen LogP contribution in [0.4, 0.5) is 11.4 Å². The number of hydrogen-bond donors (Lipinski definition) is 3. The van der Waals surface area contributed by atoms with Gasteiger partial charge in [0.25, 0.3) is 17.7 Å². The van der Waals surface area contributed by atoms with Crippen molar-refractivity contribution in [2.24, 2.45) is 5.73 Å². The van der Waals surface area contributed by atoms with E-state index >= 15 is 0 Å². The first-order chi connectivity index (χ1) is 18.2. The molecule has 4 rings (SSSR count). The number of nitrogens with two attached hydrogens (primary N) is 2. The quantitative estimate of drug-likeness (QED) is 0.370. The number of nitrogens with zero attached hydrogens (tertiary/aromatic N) is 2. The summed E-state index contributed by atoms with van der Waals surface area (Å²) in [6.07, 6.45) is 4.82. The molecular formula is C26H31N5O6S. The average Bonchev–Trinajstić information content (AvgIpc) is 3.52. The number of hydrogen-bond acceptors (Lipinski definition) is 9. The van der Waals surface area contributed by atoms with Crippen molar-refractivity contribution in [3.8, 4) is 11.5 Å². The van der Waals surface area contributed by atoms with Crippen molar-refractivity contribution in [3.63, 3.8) is 0 Å². The van der Waals surface area contributed by atoms with Gasteiger partial charge in [0.1, 0.15) is 27.9 Å². The van der Waals surface area contributed by atoms with Crippen molar-refractivity contribution >= 4 is 40.6 Å².